The van der Waals surface area contributed by atoms with E-state index in [0.29, 0.717) is 6.04 Å². The second-order valence-electron chi connectivity index (χ2n) is 3.81. The fraction of sp³-hybridized carbons (Fsp3) is 0.545. The maximum Gasteiger partial charge on any atom is 0.0558 e. The topological polar surface area (TPSA) is 24.9 Å². The predicted octanol–water partition coefficient (Wildman–Crippen LogP) is 2.70. The molecular formula is C11H16N2S. The molecule has 0 bridgehead atoms. The highest BCUT2D eigenvalue weighted by Gasteiger charge is 2.23. The summed E-state index contributed by atoms with van der Waals surface area (Å²) in [5, 5.41) is 4.29. The Morgan fingerprint density at radius 1 is 1.57 bits per heavy atom. The molecule has 3 heteroatoms. The van der Waals surface area contributed by atoms with Gasteiger partial charge < -0.3 is 5.32 Å². The molecule has 2 nitrogen and oxygen atoms in total. The Bertz CT molecular complexity index is 314. The summed E-state index contributed by atoms with van der Waals surface area (Å²) in [6.45, 7) is 4.41. The highest BCUT2D eigenvalue weighted by atomic mass is 32.2. The number of aromatic nitrogens is 1. The van der Waals surface area contributed by atoms with Crippen molar-refractivity contribution in [3.8, 4) is 0 Å². The SMILES string of the molecule is Cc1ccncc1NC1CCSC1C. The van der Waals surface area contributed by atoms with Crippen molar-refractivity contribution in [1.82, 2.24) is 4.98 Å². The summed E-state index contributed by atoms with van der Waals surface area (Å²) in [6, 6.07) is 2.66. The quantitative estimate of drug-likeness (QED) is 0.809. The van der Waals surface area contributed by atoms with Crippen molar-refractivity contribution in [2.24, 2.45) is 0 Å². The summed E-state index contributed by atoms with van der Waals surface area (Å²) < 4.78 is 0. The Hall–Kier alpha value is -0.700. The number of hydrogen-bond acceptors (Lipinski definition) is 3. The van der Waals surface area contributed by atoms with E-state index in [0.717, 1.165) is 5.25 Å². The molecule has 1 N–H and O–H groups in total. The third kappa shape index (κ3) is 2.03. The van der Waals surface area contributed by atoms with Gasteiger partial charge in [-0.05, 0) is 30.7 Å². The Balaban J connectivity index is 2.07. The van der Waals surface area contributed by atoms with Crippen LogP contribution in [-0.2, 0) is 0 Å². The van der Waals surface area contributed by atoms with Gasteiger partial charge >= 0.3 is 0 Å². The summed E-state index contributed by atoms with van der Waals surface area (Å²) >= 11 is 2.05. The minimum absolute atomic E-state index is 0.614. The minimum Gasteiger partial charge on any atom is -0.380 e. The van der Waals surface area contributed by atoms with Gasteiger partial charge in [0.25, 0.3) is 0 Å². The molecule has 1 aliphatic rings. The first kappa shape index (κ1) is 9.84. The average molecular weight is 208 g/mol. The standard InChI is InChI=1S/C11H16N2S/c1-8-3-5-12-7-11(8)13-10-4-6-14-9(10)2/h3,5,7,9-10,13H,4,6H2,1-2H3. The van der Waals surface area contributed by atoms with Crippen LogP contribution in [-0.4, -0.2) is 22.0 Å². The highest BCUT2D eigenvalue weighted by Crippen LogP contribution is 2.29. The van der Waals surface area contributed by atoms with Crippen molar-refractivity contribution in [3.05, 3.63) is 24.0 Å². The van der Waals surface area contributed by atoms with E-state index in [4.69, 9.17) is 0 Å². The van der Waals surface area contributed by atoms with Gasteiger partial charge in [0, 0.05) is 17.5 Å². The first-order valence-electron chi connectivity index (χ1n) is 5.06. The zero-order chi connectivity index (χ0) is 9.97. The van der Waals surface area contributed by atoms with Crippen molar-refractivity contribution in [1.29, 1.82) is 0 Å². The maximum absolute atomic E-state index is 4.14. The van der Waals surface area contributed by atoms with Gasteiger partial charge in [0.2, 0.25) is 0 Å². The van der Waals surface area contributed by atoms with Crippen LogP contribution in [0.5, 0.6) is 0 Å². The molecule has 2 unspecified atom stereocenters. The Morgan fingerprint density at radius 3 is 3.07 bits per heavy atom. The molecule has 0 amide bonds. The van der Waals surface area contributed by atoms with Gasteiger partial charge in [0.15, 0.2) is 0 Å². The van der Waals surface area contributed by atoms with Gasteiger partial charge in [-0.3, -0.25) is 4.98 Å². The van der Waals surface area contributed by atoms with Gasteiger partial charge in [-0.15, -0.1) is 0 Å². The van der Waals surface area contributed by atoms with E-state index >= 15 is 0 Å². The fourth-order valence-corrected chi connectivity index (χ4v) is 2.93. The molecule has 1 aromatic heterocycles. The lowest BCUT2D eigenvalue weighted by atomic mass is 10.1. The van der Waals surface area contributed by atoms with Crippen LogP contribution in [0.4, 0.5) is 5.69 Å². The summed E-state index contributed by atoms with van der Waals surface area (Å²) in [5.41, 5.74) is 2.47. The number of thioether (sulfide) groups is 1. The minimum atomic E-state index is 0.614. The number of nitrogens with zero attached hydrogens (tertiary/aromatic N) is 1. The zero-order valence-electron chi connectivity index (χ0n) is 8.66. The molecular weight excluding hydrogens is 192 g/mol. The Kier molecular flexibility index (Phi) is 2.96. The summed E-state index contributed by atoms with van der Waals surface area (Å²) in [7, 11) is 0. The second kappa shape index (κ2) is 4.22. The molecule has 2 heterocycles. The molecule has 2 rings (SSSR count). The molecule has 0 radical (unpaired) electrons. The molecule has 14 heavy (non-hydrogen) atoms. The normalized spacial score (nSPS) is 26.4. The molecule has 1 fully saturated rings. The lowest BCUT2D eigenvalue weighted by molar-refractivity contribution is 0.723. The van der Waals surface area contributed by atoms with Crippen LogP contribution in [0.15, 0.2) is 18.5 Å². The van der Waals surface area contributed by atoms with Crippen molar-refractivity contribution >= 4 is 17.4 Å². The molecule has 0 aliphatic carbocycles. The third-order valence-electron chi connectivity index (χ3n) is 2.76. The average Bonchev–Trinajstić information content (AvgIpc) is 2.56. The van der Waals surface area contributed by atoms with Gasteiger partial charge in [-0.25, -0.2) is 0 Å². The fourth-order valence-electron chi connectivity index (χ4n) is 1.74. The van der Waals surface area contributed by atoms with Crippen molar-refractivity contribution in [2.45, 2.75) is 31.6 Å². The largest absolute Gasteiger partial charge is 0.380 e. The molecule has 1 aliphatic heterocycles. The molecule has 0 spiro atoms. The van der Waals surface area contributed by atoms with Crippen molar-refractivity contribution in [3.63, 3.8) is 0 Å². The molecule has 76 valence electrons. The lowest BCUT2D eigenvalue weighted by Gasteiger charge is -2.18. The highest BCUT2D eigenvalue weighted by molar-refractivity contribution is 8.00. The van der Waals surface area contributed by atoms with Crippen LogP contribution < -0.4 is 5.32 Å². The lowest BCUT2D eigenvalue weighted by Crippen LogP contribution is -2.25. The third-order valence-corrected chi connectivity index (χ3v) is 4.08. The van der Waals surface area contributed by atoms with Gasteiger partial charge in [0.05, 0.1) is 11.9 Å². The molecule has 0 saturated carbocycles. The van der Waals surface area contributed by atoms with Crippen LogP contribution in [0.25, 0.3) is 0 Å². The number of nitrogens with one attached hydrogen (secondary N) is 1. The van der Waals surface area contributed by atoms with Crippen LogP contribution >= 0.6 is 11.8 Å². The van der Waals surface area contributed by atoms with E-state index in [1.165, 1.54) is 23.4 Å². The second-order valence-corrected chi connectivity index (χ2v) is 5.29. The van der Waals surface area contributed by atoms with E-state index in [-0.39, 0.29) is 0 Å². The smallest absolute Gasteiger partial charge is 0.0558 e. The Morgan fingerprint density at radius 2 is 2.43 bits per heavy atom. The number of rotatable bonds is 2. The van der Waals surface area contributed by atoms with Gasteiger partial charge in [-0.1, -0.05) is 6.92 Å². The maximum atomic E-state index is 4.14. The number of pyridine rings is 1. The van der Waals surface area contributed by atoms with Crippen LogP contribution in [0.2, 0.25) is 0 Å². The predicted molar refractivity (Wildman–Crippen MR) is 62.9 cm³/mol. The molecule has 2 atom stereocenters. The number of aryl methyl sites for hydroxylation is 1. The van der Waals surface area contributed by atoms with E-state index in [1.54, 1.807) is 0 Å². The van der Waals surface area contributed by atoms with Crippen LogP contribution in [0.3, 0.4) is 0 Å². The first-order valence-corrected chi connectivity index (χ1v) is 6.11. The first-order chi connectivity index (χ1) is 6.77. The zero-order valence-corrected chi connectivity index (χ0v) is 9.47. The summed E-state index contributed by atoms with van der Waals surface area (Å²) in [6.07, 6.45) is 5.03. The number of hydrogen-bond donors (Lipinski definition) is 1. The monoisotopic (exact) mass is 208 g/mol. The Labute approximate surface area is 89.5 Å². The van der Waals surface area contributed by atoms with Gasteiger partial charge in [0.1, 0.15) is 0 Å². The van der Waals surface area contributed by atoms with E-state index in [1.807, 2.05) is 24.2 Å². The van der Waals surface area contributed by atoms with E-state index in [2.05, 4.69) is 30.2 Å². The summed E-state index contributed by atoms with van der Waals surface area (Å²) in [5.74, 6) is 1.28. The van der Waals surface area contributed by atoms with Crippen LogP contribution in [0.1, 0.15) is 18.9 Å². The number of anilines is 1. The molecule has 1 aromatic rings. The van der Waals surface area contributed by atoms with E-state index in [9.17, 15) is 0 Å². The molecule has 1 saturated heterocycles. The van der Waals surface area contributed by atoms with Crippen LogP contribution in [0, 0.1) is 6.92 Å². The summed E-state index contributed by atoms with van der Waals surface area (Å²) in [4.78, 5) is 4.14. The van der Waals surface area contributed by atoms with Crippen molar-refractivity contribution < 1.29 is 0 Å². The van der Waals surface area contributed by atoms with Gasteiger partial charge in [-0.2, -0.15) is 11.8 Å². The molecule has 0 aromatic carbocycles. The van der Waals surface area contributed by atoms with Crippen molar-refractivity contribution in [2.75, 3.05) is 11.1 Å². The van der Waals surface area contributed by atoms with E-state index < -0.39 is 0 Å².